The molecule has 1 atom stereocenters. The smallest absolute Gasteiger partial charge is 0.224 e. The average Bonchev–Trinajstić information content (AvgIpc) is 2.92. The first kappa shape index (κ1) is 14.8. The van der Waals surface area contributed by atoms with Crippen molar-refractivity contribution in [1.29, 1.82) is 0 Å². The Bertz CT molecular complexity index is 713. The summed E-state index contributed by atoms with van der Waals surface area (Å²) >= 11 is 1.61. The van der Waals surface area contributed by atoms with Gasteiger partial charge >= 0.3 is 0 Å². The number of aryl methyl sites for hydroxylation is 1. The zero-order valence-electron chi connectivity index (χ0n) is 13.3. The number of benzene rings is 1. The van der Waals surface area contributed by atoms with Crippen molar-refractivity contribution in [1.82, 2.24) is 15.6 Å². The van der Waals surface area contributed by atoms with Crippen molar-refractivity contribution in [3.8, 4) is 11.3 Å². The highest BCUT2D eigenvalue weighted by Crippen LogP contribution is 2.49. The van der Waals surface area contributed by atoms with Crippen molar-refractivity contribution in [2.75, 3.05) is 13.1 Å². The average molecular weight is 327 g/mol. The van der Waals surface area contributed by atoms with Gasteiger partial charge in [0.25, 0.3) is 0 Å². The third-order valence-corrected chi connectivity index (χ3v) is 6.10. The predicted octanol–water partition coefficient (Wildman–Crippen LogP) is 2.73. The van der Waals surface area contributed by atoms with Gasteiger partial charge < -0.3 is 10.6 Å². The van der Waals surface area contributed by atoms with Gasteiger partial charge in [-0.15, -0.1) is 11.3 Å². The van der Waals surface area contributed by atoms with E-state index in [0.717, 1.165) is 35.8 Å². The highest BCUT2D eigenvalue weighted by atomic mass is 32.1. The van der Waals surface area contributed by atoms with E-state index in [9.17, 15) is 4.79 Å². The zero-order valence-corrected chi connectivity index (χ0v) is 14.1. The number of amides is 1. The summed E-state index contributed by atoms with van der Waals surface area (Å²) in [7, 11) is 0. The second-order valence-electron chi connectivity index (χ2n) is 6.77. The number of rotatable bonds is 4. The van der Waals surface area contributed by atoms with Crippen LogP contribution in [0.1, 0.15) is 23.4 Å². The van der Waals surface area contributed by atoms with Gasteiger partial charge in [0.05, 0.1) is 12.2 Å². The molecule has 5 heteroatoms. The first-order valence-electron chi connectivity index (χ1n) is 8.16. The maximum atomic E-state index is 12.4. The Morgan fingerprint density at radius 1 is 1.39 bits per heavy atom. The monoisotopic (exact) mass is 327 g/mol. The molecule has 0 bridgehead atoms. The lowest BCUT2D eigenvalue weighted by atomic mass is 9.56. The van der Waals surface area contributed by atoms with Gasteiger partial charge in [0.1, 0.15) is 5.01 Å². The van der Waals surface area contributed by atoms with Crippen molar-refractivity contribution < 1.29 is 4.79 Å². The molecule has 4 nitrogen and oxygen atoms in total. The minimum absolute atomic E-state index is 0.195. The molecule has 120 valence electrons. The molecule has 4 rings (SSSR count). The van der Waals surface area contributed by atoms with Gasteiger partial charge in [0, 0.05) is 35.4 Å². The van der Waals surface area contributed by atoms with E-state index in [-0.39, 0.29) is 17.2 Å². The van der Waals surface area contributed by atoms with Gasteiger partial charge in [-0.1, -0.05) is 29.8 Å². The fraction of sp³-hybridized carbons (Fsp3) is 0.444. The van der Waals surface area contributed by atoms with Gasteiger partial charge in [0.2, 0.25) is 5.91 Å². The summed E-state index contributed by atoms with van der Waals surface area (Å²) in [5, 5.41) is 9.41. The maximum Gasteiger partial charge on any atom is 0.224 e. The molecule has 2 fully saturated rings. The molecule has 1 aromatic carbocycles. The Hall–Kier alpha value is -1.72. The molecule has 23 heavy (non-hydrogen) atoms. The van der Waals surface area contributed by atoms with E-state index >= 15 is 0 Å². The molecule has 2 aromatic rings. The van der Waals surface area contributed by atoms with Crippen LogP contribution in [0.4, 0.5) is 0 Å². The van der Waals surface area contributed by atoms with Crippen molar-refractivity contribution in [2.45, 2.75) is 26.3 Å². The van der Waals surface area contributed by atoms with Crippen LogP contribution in [0.3, 0.4) is 0 Å². The molecule has 2 aliphatic rings. The third-order valence-electron chi connectivity index (χ3n) is 5.25. The molecule has 1 aromatic heterocycles. The largest absolute Gasteiger partial charge is 0.349 e. The lowest BCUT2D eigenvalue weighted by molar-refractivity contribution is -0.140. The van der Waals surface area contributed by atoms with Gasteiger partial charge in [-0.3, -0.25) is 4.79 Å². The van der Waals surface area contributed by atoms with Crippen LogP contribution in [0, 0.1) is 18.3 Å². The first-order valence-corrected chi connectivity index (χ1v) is 9.04. The molecule has 1 saturated heterocycles. The summed E-state index contributed by atoms with van der Waals surface area (Å²) in [5.74, 6) is 0.394. The van der Waals surface area contributed by atoms with E-state index in [4.69, 9.17) is 0 Å². The van der Waals surface area contributed by atoms with Crippen LogP contribution in [-0.4, -0.2) is 24.0 Å². The number of nitrogens with zero attached hydrogens (tertiary/aromatic N) is 1. The lowest BCUT2D eigenvalue weighted by Crippen LogP contribution is -2.65. The Balaban J connectivity index is 1.36. The minimum atomic E-state index is 0.195. The van der Waals surface area contributed by atoms with Crippen LogP contribution in [0.15, 0.2) is 29.6 Å². The van der Waals surface area contributed by atoms with E-state index in [1.54, 1.807) is 11.3 Å². The second kappa shape index (κ2) is 5.73. The minimum Gasteiger partial charge on any atom is -0.349 e. The van der Waals surface area contributed by atoms with Crippen molar-refractivity contribution in [2.24, 2.45) is 11.3 Å². The summed E-state index contributed by atoms with van der Waals surface area (Å²) in [6.07, 6.45) is 2.22. The van der Waals surface area contributed by atoms with Gasteiger partial charge in [-0.25, -0.2) is 4.98 Å². The van der Waals surface area contributed by atoms with Crippen LogP contribution >= 0.6 is 11.3 Å². The highest BCUT2D eigenvalue weighted by molar-refractivity contribution is 7.09. The second-order valence-corrected chi connectivity index (χ2v) is 7.71. The highest BCUT2D eigenvalue weighted by Gasteiger charge is 2.53. The molecule has 1 amide bonds. The fourth-order valence-electron chi connectivity index (χ4n) is 3.51. The third kappa shape index (κ3) is 2.68. The summed E-state index contributed by atoms with van der Waals surface area (Å²) < 4.78 is 0. The summed E-state index contributed by atoms with van der Waals surface area (Å²) in [4.78, 5) is 17.0. The molecular weight excluding hydrogens is 306 g/mol. The van der Waals surface area contributed by atoms with Crippen LogP contribution < -0.4 is 10.6 Å². The molecule has 0 radical (unpaired) electrons. The summed E-state index contributed by atoms with van der Waals surface area (Å²) in [6.45, 7) is 4.62. The predicted molar refractivity (Wildman–Crippen MR) is 92.2 cm³/mol. The van der Waals surface area contributed by atoms with Gasteiger partial charge in [-0.05, 0) is 19.8 Å². The molecule has 2 N–H and O–H groups in total. The van der Waals surface area contributed by atoms with E-state index < -0.39 is 0 Å². The SMILES string of the molecule is Cc1ccc(-c2csc(CNC(=O)C3CCC34CNC4)n2)cc1. The normalized spacial score (nSPS) is 21.5. The van der Waals surface area contributed by atoms with E-state index in [0.29, 0.717) is 6.54 Å². The molecular formula is C18H21N3OS. The summed E-state index contributed by atoms with van der Waals surface area (Å²) in [6, 6.07) is 8.38. The van der Waals surface area contributed by atoms with Crippen LogP contribution in [-0.2, 0) is 11.3 Å². The molecule has 1 aliphatic carbocycles. The van der Waals surface area contributed by atoms with E-state index in [2.05, 4.69) is 52.2 Å². The molecule has 2 heterocycles. The Labute approximate surface area is 140 Å². The number of carbonyl (C=O) groups is 1. The molecule has 1 unspecified atom stereocenters. The quantitative estimate of drug-likeness (QED) is 0.908. The fourth-order valence-corrected chi connectivity index (χ4v) is 4.25. The molecule has 1 spiro atoms. The first-order chi connectivity index (χ1) is 11.2. The van der Waals surface area contributed by atoms with Crippen LogP contribution in [0.2, 0.25) is 0 Å². The lowest BCUT2D eigenvalue weighted by Gasteiger charge is -2.55. The van der Waals surface area contributed by atoms with Crippen LogP contribution in [0.5, 0.6) is 0 Å². The van der Waals surface area contributed by atoms with E-state index in [1.807, 2.05) is 0 Å². The van der Waals surface area contributed by atoms with Crippen molar-refractivity contribution in [3.63, 3.8) is 0 Å². The number of aromatic nitrogens is 1. The molecule has 1 aliphatic heterocycles. The van der Waals surface area contributed by atoms with Crippen LogP contribution in [0.25, 0.3) is 11.3 Å². The van der Waals surface area contributed by atoms with Crippen molar-refractivity contribution >= 4 is 17.2 Å². The maximum absolute atomic E-state index is 12.4. The topological polar surface area (TPSA) is 54.0 Å². The zero-order chi connectivity index (χ0) is 15.9. The number of hydrogen-bond acceptors (Lipinski definition) is 4. The Morgan fingerprint density at radius 2 is 2.17 bits per heavy atom. The summed E-state index contributed by atoms with van der Waals surface area (Å²) in [5.41, 5.74) is 3.63. The van der Waals surface area contributed by atoms with Gasteiger partial charge in [-0.2, -0.15) is 0 Å². The molecule has 1 saturated carbocycles. The number of thiazole rings is 1. The van der Waals surface area contributed by atoms with Crippen molar-refractivity contribution in [3.05, 3.63) is 40.2 Å². The van der Waals surface area contributed by atoms with Gasteiger partial charge in [0.15, 0.2) is 0 Å². The number of nitrogens with one attached hydrogen (secondary N) is 2. The standard InChI is InChI=1S/C18H21N3OS/c1-12-2-4-13(5-3-12)15-9-23-16(21-15)8-20-17(22)14-6-7-18(14)10-19-11-18/h2-5,9,14,19H,6-8,10-11H2,1H3,(H,20,22). The Kier molecular flexibility index (Phi) is 3.70. The van der Waals surface area contributed by atoms with E-state index in [1.165, 1.54) is 12.0 Å². The number of hydrogen-bond donors (Lipinski definition) is 2. The number of carbonyl (C=O) groups excluding carboxylic acids is 1. The Morgan fingerprint density at radius 3 is 2.78 bits per heavy atom.